The summed E-state index contributed by atoms with van der Waals surface area (Å²) in [5.74, 6) is 0. The van der Waals surface area contributed by atoms with Crippen molar-refractivity contribution in [2.24, 2.45) is 0 Å². The summed E-state index contributed by atoms with van der Waals surface area (Å²) in [5.41, 5.74) is 0. The van der Waals surface area contributed by atoms with Crippen molar-refractivity contribution in [1.82, 2.24) is 5.23 Å². The zero-order valence-corrected chi connectivity index (χ0v) is 8.43. The summed E-state index contributed by atoms with van der Waals surface area (Å²) < 4.78 is -0.712. The van der Waals surface area contributed by atoms with Crippen LogP contribution in [0.3, 0.4) is 0 Å². The van der Waals surface area contributed by atoms with E-state index in [1.54, 1.807) is 4.93 Å². The van der Waals surface area contributed by atoms with E-state index in [1.165, 1.54) is 0 Å². The normalized spacial score (nSPS) is 34.2. The van der Waals surface area contributed by atoms with Crippen LogP contribution in [0.2, 0.25) is 0 Å². The van der Waals surface area contributed by atoms with Crippen LogP contribution in [0.1, 0.15) is 0 Å². The minimum absolute atomic E-state index is 0.108. The molecule has 0 aliphatic carbocycles. The number of halogens is 1. The van der Waals surface area contributed by atoms with Gasteiger partial charge in [-0.05, 0) is 0 Å². The topological polar surface area (TPSA) is 132 Å². The first kappa shape index (κ1) is 11.4. The molecule has 0 aromatic rings. The molecular weight excluding hydrogens is 305 g/mol. The quantitative estimate of drug-likeness (QED) is 0.133. The number of nitrogens with zero attached hydrogens (tertiary/aromatic N) is 1. The van der Waals surface area contributed by atoms with E-state index in [1.807, 2.05) is 0 Å². The molecule has 0 radical (unpaired) electrons. The molecule has 0 bridgehead atoms. The maximum absolute atomic E-state index is 10.8. The van der Waals surface area contributed by atoms with Gasteiger partial charge in [0.2, 0.25) is 0 Å². The molecule has 1 rings (SSSR count). The van der Waals surface area contributed by atoms with E-state index in [-0.39, 0.29) is 5.23 Å². The molecule has 4 N–H and O–H groups in total. The third kappa shape index (κ3) is 2.62. The van der Waals surface area contributed by atoms with Gasteiger partial charge < -0.3 is 0 Å². The van der Waals surface area contributed by atoms with Gasteiger partial charge in [-0.1, -0.05) is 0 Å². The van der Waals surface area contributed by atoms with E-state index in [0.29, 0.717) is 0 Å². The van der Waals surface area contributed by atoms with Gasteiger partial charge >= 0.3 is 81.8 Å². The average Bonchev–Trinajstić information content (AvgIpc) is 2.03. The van der Waals surface area contributed by atoms with E-state index in [0.717, 1.165) is 0 Å². The van der Waals surface area contributed by atoms with Crippen molar-refractivity contribution in [3.05, 3.63) is 20.8 Å². The summed E-state index contributed by atoms with van der Waals surface area (Å²) in [7, 11) is 0. The van der Waals surface area contributed by atoms with Gasteiger partial charge in [-0.25, -0.2) is 0 Å². The van der Waals surface area contributed by atoms with E-state index < -0.39 is 40.9 Å². The second kappa shape index (κ2) is 4.68. The number of rotatable bonds is 4. The van der Waals surface area contributed by atoms with Crippen LogP contribution in [0.5, 0.6) is 0 Å². The molecule has 0 aromatic heterocycles. The van der Waals surface area contributed by atoms with Crippen LogP contribution in [-0.4, -0.2) is 10.2 Å². The van der Waals surface area contributed by atoms with Crippen LogP contribution in [0.25, 0.3) is 0 Å². The molecule has 1 aliphatic heterocycles. The first-order chi connectivity index (χ1) is 6.06. The zero-order valence-electron chi connectivity index (χ0n) is 6.27. The Hall–Kier alpha value is 0.290. The molecule has 0 saturated carbocycles. The van der Waals surface area contributed by atoms with Gasteiger partial charge in [-0.2, -0.15) is 0 Å². The Balaban J connectivity index is 2.34. The SMILES string of the molecule is C[I-][NH+]([O-])O[NH+]([O-])N1[NH+]([O-])O[NH+]1[O-]. The summed E-state index contributed by atoms with van der Waals surface area (Å²) in [6.45, 7) is 0. The fraction of sp³-hybridized carbons (Fsp3) is 1.00. The Labute approximate surface area is 82.2 Å². The van der Waals surface area contributed by atoms with Gasteiger partial charge in [0.1, 0.15) is 0 Å². The standard InChI is InChI=1S/CH7IN5O6/c1-2-3(8)12-5(9)4-6(10)13-7(4)11/h3,5-7H,1H3/q-1. The minimum atomic E-state index is -1.30. The Morgan fingerprint density at radius 2 is 1.92 bits per heavy atom. The van der Waals surface area contributed by atoms with E-state index in [9.17, 15) is 20.8 Å². The van der Waals surface area contributed by atoms with Crippen LogP contribution in [0, 0.1) is 20.8 Å². The summed E-state index contributed by atoms with van der Waals surface area (Å²) in [4.78, 5) is 9.53. The van der Waals surface area contributed by atoms with Gasteiger partial charge in [0.25, 0.3) is 0 Å². The number of hydrogen-bond donors (Lipinski definition) is 4. The number of hydrogen-bond acceptors (Lipinski definition) is 7. The van der Waals surface area contributed by atoms with Crippen LogP contribution in [0.15, 0.2) is 0 Å². The number of quaternary nitrogens is 4. The Kier molecular flexibility index (Phi) is 4.09. The van der Waals surface area contributed by atoms with Crippen LogP contribution < -0.4 is 40.9 Å². The summed E-state index contributed by atoms with van der Waals surface area (Å²) in [6, 6.07) is 0. The first-order valence-corrected chi connectivity index (χ1v) is 6.11. The third-order valence-corrected chi connectivity index (χ3v) is 2.15. The Bertz CT molecular complexity index is 163. The molecule has 0 amide bonds. The second-order valence-electron chi connectivity index (χ2n) is 1.76. The second-order valence-corrected chi connectivity index (χ2v) is 3.72. The van der Waals surface area contributed by atoms with Gasteiger partial charge in [-0.3, -0.25) is 0 Å². The molecule has 0 aromatic carbocycles. The molecule has 0 spiro atoms. The predicted molar refractivity (Wildman–Crippen MR) is 27.3 cm³/mol. The third-order valence-electron chi connectivity index (χ3n) is 1.04. The van der Waals surface area contributed by atoms with E-state index in [4.69, 9.17) is 0 Å². The van der Waals surface area contributed by atoms with Crippen molar-refractivity contribution in [2.75, 3.05) is 4.93 Å². The average molecular weight is 312 g/mol. The van der Waals surface area contributed by atoms with Crippen molar-refractivity contribution in [3.63, 3.8) is 0 Å². The van der Waals surface area contributed by atoms with Crippen LogP contribution in [0.4, 0.5) is 0 Å². The molecule has 1 aliphatic rings. The monoisotopic (exact) mass is 312 g/mol. The summed E-state index contributed by atoms with van der Waals surface area (Å²) >= 11 is -0.897. The fourth-order valence-corrected chi connectivity index (χ4v) is 0.912. The number of alkyl halides is 1. The molecule has 1 fully saturated rings. The molecule has 1 saturated heterocycles. The maximum atomic E-state index is 10.8. The van der Waals surface area contributed by atoms with Gasteiger partial charge in [-0.15, -0.1) is 0 Å². The van der Waals surface area contributed by atoms with E-state index >= 15 is 0 Å². The Morgan fingerprint density at radius 1 is 1.38 bits per heavy atom. The molecule has 13 heavy (non-hydrogen) atoms. The molecule has 11 nitrogen and oxygen atoms in total. The van der Waals surface area contributed by atoms with E-state index in [2.05, 4.69) is 9.88 Å². The van der Waals surface area contributed by atoms with Crippen molar-refractivity contribution >= 4 is 0 Å². The fourth-order valence-electron chi connectivity index (χ4n) is 0.503. The van der Waals surface area contributed by atoms with Crippen molar-refractivity contribution < 1.29 is 50.8 Å². The van der Waals surface area contributed by atoms with Gasteiger partial charge in [0.15, 0.2) is 0 Å². The molecule has 12 heteroatoms. The van der Waals surface area contributed by atoms with Crippen molar-refractivity contribution in [2.45, 2.75) is 0 Å². The van der Waals surface area contributed by atoms with Gasteiger partial charge in [0.05, 0.1) is 0 Å². The molecule has 4 atom stereocenters. The first-order valence-electron chi connectivity index (χ1n) is 2.87. The molecule has 1 heterocycles. The van der Waals surface area contributed by atoms with Crippen LogP contribution >= 0.6 is 0 Å². The molecule has 4 unspecified atom stereocenters. The van der Waals surface area contributed by atoms with Gasteiger partial charge in [0, 0.05) is 0 Å². The summed E-state index contributed by atoms with van der Waals surface area (Å²) in [6.07, 6.45) is 0. The number of nitrogens with one attached hydrogen (secondary N) is 4. The predicted octanol–water partition coefficient (Wildman–Crippen LogP) is -10.1. The van der Waals surface area contributed by atoms with Crippen molar-refractivity contribution in [3.8, 4) is 0 Å². The zero-order chi connectivity index (χ0) is 10.0. The molecule has 80 valence electrons. The van der Waals surface area contributed by atoms with Crippen LogP contribution in [-0.2, 0) is 9.88 Å². The summed E-state index contributed by atoms with van der Waals surface area (Å²) in [5, 5.41) is 38.8. The molecular formula is CH7IN5O6-. The Morgan fingerprint density at radius 3 is 2.31 bits per heavy atom. The van der Waals surface area contributed by atoms with Crippen molar-refractivity contribution in [1.29, 1.82) is 0 Å².